The minimum atomic E-state index is 0.0902. The van der Waals surface area contributed by atoms with Gasteiger partial charge in [-0.2, -0.15) is 0 Å². The van der Waals surface area contributed by atoms with Gasteiger partial charge >= 0.3 is 6.03 Å². The van der Waals surface area contributed by atoms with Crippen LogP contribution in [0, 0.1) is 6.92 Å². The number of aromatic nitrogens is 3. The first-order chi connectivity index (χ1) is 17.6. The summed E-state index contributed by atoms with van der Waals surface area (Å²) in [6, 6.07) is 4.71. The van der Waals surface area contributed by atoms with E-state index in [2.05, 4.69) is 27.4 Å². The molecule has 0 aliphatic carbocycles. The Bertz CT molecular complexity index is 1300. The van der Waals surface area contributed by atoms with E-state index in [9.17, 15) is 4.79 Å². The van der Waals surface area contributed by atoms with Gasteiger partial charge in [0.05, 0.1) is 43.4 Å². The van der Waals surface area contributed by atoms with Gasteiger partial charge in [-0.15, -0.1) is 0 Å². The first-order valence-electron chi connectivity index (χ1n) is 13.1. The zero-order chi connectivity index (χ0) is 24.2. The number of benzene rings is 1. The van der Waals surface area contributed by atoms with Crippen LogP contribution in [0.25, 0.3) is 22.4 Å². The number of H-pyrrole nitrogens is 1. The molecule has 3 aromatic rings. The molecule has 2 aromatic heterocycles. The largest absolute Gasteiger partial charge is 0.378 e. The summed E-state index contributed by atoms with van der Waals surface area (Å²) < 4.78 is 11.8. The third-order valence-corrected chi connectivity index (χ3v) is 8.13. The molecule has 36 heavy (non-hydrogen) atoms. The second-order valence-corrected chi connectivity index (χ2v) is 10.5. The number of nitrogens with one attached hydrogen (secondary N) is 2. The highest BCUT2D eigenvalue weighted by Gasteiger charge is 2.38. The summed E-state index contributed by atoms with van der Waals surface area (Å²) in [6.45, 7) is 6.97. The summed E-state index contributed by atoms with van der Waals surface area (Å²) in [6.07, 6.45) is 7.15. The maximum atomic E-state index is 13.5. The third kappa shape index (κ3) is 3.86. The summed E-state index contributed by atoms with van der Waals surface area (Å²) in [4.78, 5) is 30.3. The topological polar surface area (TPSA) is 95.6 Å². The maximum absolute atomic E-state index is 13.5. The fourth-order valence-electron chi connectivity index (χ4n) is 6.21. The number of ether oxygens (including phenoxy) is 2. The molecule has 0 radical (unpaired) electrons. The number of hydrogen-bond acceptors (Lipinski definition) is 6. The lowest BCUT2D eigenvalue weighted by Gasteiger charge is -2.39. The van der Waals surface area contributed by atoms with Crippen LogP contribution in [0.1, 0.15) is 41.1 Å². The fraction of sp³-hybridized carbons (Fsp3) is 0.519. The molecule has 2 bridgehead atoms. The van der Waals surface area contributed by atoms with Crippen LogP contribution in [0.4, 0.5) is 4.79 Å². The van der Waals surface area contributed by atoms with E-state index in [0.29, 0.717) is 26.2 Å². The molecule has 4 aliphatic rings. The number of carbonyl (C=O) groups is 1. The van der Waals surface area contributed by atoms with Crippen LogP contribution in [0.15, 0.2) is 24.5 Å². The van der Waals surface area contributed by atoms with Gasteiger partial charge in [0.15, 0.2) is 5.65 Å². The van der Waals surface area contributed by atoms with Crippen molar-refractivity contribution in [3.05, 3.63) is 46.8 Å². The number of fused-ring (bicyclic) bond motifs is 4. The van der Waals surface area contributed by atoms with Crippen LogP contribution in [-0.2, 0) is 22.4 Å². The van der Waals surface area contributed by atoms with Crippen LogP contribution in [-0.4, -0.2) is 82.4 Å². The number of morpholine rings is 2. The number of nitrogens with zero attached hydrogens (tertiary/aromatic N) is 4. The molecule has 9 heteroatoms. The maximum Gasteiger partial charge on any atom is 0.320 e. The Morgan fingerprint density at radius 2 is 2.03 bits per heavy atom. The molecule has 0 saturated carbocycles. The number of rotatable bonds is 2. The highest BCUT2D eigenvalue weighted by Crippen LogP contribution is 2.34. The van der Waals surface area contributed by atoms with E-state index in [1.54, 1.807) is 0 Å². The summed E-state index contributed by atoms with van der Waals surface area (Å²) >= 11 is 0. The Labute approximate surface area is 210 Å². The number of hydrogen-bond donors (Lipinski definition) is 2. The van der Waals surface area contributed by atoms with Crippen LogP contribution >= 0.6 is 0 Å². The predicted molar refractivity (Wildman–Crippen MR) is 135 cm³/mol. The number of urea groups is 1. The van der Waals surface area contributed by atoms with Gasteiger partial charge in [-0.3, -0.25) is 0 Å². The minimum Gasteiger partial charge on any atom is -0.378 e. The lowest BCUT2D eigenvalue weighted by Crippen LogP contribution is -2.52. The van der Waals surface area contributed by atoms with E-state index in [1.165, 1.54) is 16.7 Å². The Hall–Kier alpha value is -3.01. The Kier molecular flexibility index (Phi) is 5.45. The van der Waals surface area contributed by atoms with Gasteiger partial charge in [0, 0.05) is 44.5 Å². The van der Waals surface area contributed by atoms with Crippen molar-refractivity contribution in [1.82, 2.24) is 30.1 Å². The van der Waals surface area contributed by atoms with Crippen molar-refractivity contribution in [2.45, 2.75) is 51.0 Å². The summed E-state index contributed by atoms with van der Waals surface area (Å²) in [7, 11) is 0. The van der Waals surface area contributed by atoms with E-state index in [4.69, 9.17) is 14.5 Å². The molecule has 3 atom stereocenters. The number of amides is 2. The van der Waals surface area contributed by atoms with Crippen LogP contribution in [0.5, 0.6) is 0 Å². The van der Waals surface area contributed by atoms with Gasteiger partial charge in [0.1, 0.15) is 5.52 Å². The second-order valence-electron chi connectivity index (χ2n) is 10.5. The van der Waals surface area contributed by atoms with Crippen molar-refractivity contribution in [1.29, 1.82) is 0 Å². The lowest BCUT2D eigenvalue weighted by molar-refractivity contribution is -0.0291. The molecular formula is C27H32N6O3. The van der Waals surface area contributed by atoms with Crippen molar-refractivity contribution in [3.8, 4) is 11.3 Å². The summed E-state index contributed by atoms with van der Waals surface area (Å²) in [5.74, 6) is 0. The average Bonchev–Trinajstić information content (AvgIpc) is 3.47. The monoisotopic (exact) mass is 488 g/mol. The Balaban J connectivity index is 1.23. The molecule has 6 heterocycles. The van der Waals surface area contributed by atoms with Gasteiger partial charge in [-0.05, 0) is 60.6 Å². The highest BCUT2D eigenvalue weighted by atomic mass is 16.5. The van der Waals surface area contributed by atoms with E-state index in [-0.39, 0.29) is 24.3 Å². The minimum absolute atomic E-state index is 0.0902. The first-order valence-corrected chi connectivity index (χ1v) is 13.1. The summed E-state index contributed by atoms with van der Waals surface area (Å²) in [5, 5.41) is 3.63. The zero-order valence-corrected chi connectivity index (χ0v) is 20.6. The number of aromatic amines is 1. The number of likely N-dealkylation sites (tertiary alicyclic amines) is 1. The fourth-order valence-corrected chi connectivity index (χ4v) is 6.21. The van der Waals surface area contributed by atoms with Crippen molar-refractivity contribution in [2.75, 3.05) is 39.4 Å². The highest BCUT2D eigenvalue weighted by molar-refractivity contribution is 5.78. The molecule has 2 N–H and O–H groups in total. The van der Waals surface area contributed by atoms with Crippen molar-refractivity contribution in [2.24, 2.45) is 0 Å². The Morgan fingerprint density at radius 3 is 2.83 bits per heavy atom. The van der Waals surface area contributed by atoms with E-state index >= 15 is 0 Å². The van der Waals surface area contributed by atoms with E-state index in [0.717, 1.165) is 66.9 Å². The van der Waals surface area contributed by atoms with Gasteiger partial charge < -0.3 is 29.6 Å². The van der Waals surface area contributed by atoms with Gasteiger partial charge in [0.25, 0.3) is 0 Å². The molecule has 4 aliphatic heterocycles. The molecule has 1 aromatic carbocycles. The molecule has 3 saturated heterocycles. The number of carbonyl (C=O) groups excluding carboxylic acids is 1. The molecule has 7 rings (SSSR count). The average molecular weight is 489 g/mol. The predicted octanol–water partition coefficient (Wildman–Crippen LogP) is 2.94. The second kappa shape index (κ2) is 8.83. The van der Waals surface area contributed by atoms with Crippen LogP contribution < -0.4 is 5.32 Å². The van der Waals surface area contributed by atoms with Crippen LogP contribution in [0.2, 0.25) is 0 Å². The molecule has 188 valence electrons. The molecule has 2 unspecified atom stereocenters. The molecule has 3 fully saturated rings. The van der Waals surface area contributed by atoms with E-state index in [1.807, 2.05) is 29.1 Å². The van der Waals surface area contributed by atoms with Crippen LogP contribution in [0.3, 0.4) is 0 Å². The third-order valence-electron chi connectivity index (χ3n) is 8.13. The molecule has 0 spiro atoms. The smallest absolute Gasteiger partial charge is 0.320 e. The van der Waals surface area contributed by atoms with Gasteiger partial charge in [0.2, 0.25) is 0 Å². The molecular weight excluding hydrogens is 456 g/mol. The zero-order valence-electron chi connectivity index (χ0n) is 20.6. The van der Waals surface area contributed by atoms with E-state index < -0.39 is 0 Å². The Morgan fingerprint density at radius 1 is 1.17 bits per heavy atom. The van der Waals surface area contributed by atoms with Gasteiger partial charge in [-0.25, -0.2) is 14.8 Å². The first kappa shape index (κ1) is 22.2. The van der Waals surface area contributed by atoms with Gasteiger partial charge in [-0.1, -0.05) is 0 Å². The van der Waals surface area contributed by atoms with Crippen molar-refractivity contribution in [3.63, 3.8) is 0 Å². The van der Waals surface area contributed by atoms with Crippen molar-refractivity contribution < 1.29 is 14.3 Å². The SMILES string of the molecule is Cc1c[nH]c2ncc(-c3cc4c(c([C@@H]5COCCN5)c3)CN(C(=O)N3CC5CCC(C3)O5)CC4)nc12. The molecule has 9 nitrogen and oxygen atoms in total. The van der Waals surface area contributed by atoms with Crippen molar-refractivity contribution >= 4 is 17.2 Å². The standard InChI is InChI=1S/C27H32N6O3/c1-16-10-29-26-25(16)31-23(11-30-26)18-8-17-4-6-32(27(34)33-12-19-2-3-20(13-33)36-19)14-22(17)21(9-18)24-15-35-7-5-28-24/h8-11,19-20,24,28H,2-7,12-15H2,1H3,(H,29,30)/t19?,20?,24-/m0/s1. The molecule has 2 amide bonds. The quantitative estimate of drug-likeness (QED) is 0.576. The lowest BCUT2D eigenvalue weighted by atomic mass is 9.88. The normalized spacial score (nSPS) is 25.9. The number of aryl methyl sites for hydroxylation is 1. The summed E-state index contributed by atoms with van der Waals surface area (Å²) in [5.41, 5.74) is 8.46.